The number of hydrogen-bond acceptors (Lipinski definition) is 3. The van der Waals surface area contributed by atoms with Gasteiger partial charge in [0.05, 0.1) is 11.4 Å². The molecule has 1 N–H and O–H groups in total. The van der Waals surface area contributed by atoms with E-state index < -0.39 is 10.0 Å². The lowest BCUT2D eigenvalue weighted by molar-refractivity contribution is 0.502. The van der Waals surface area contributed by atoms with Gasteiger partial charge in [0.1, 0.15) is 0 Å². The van der Waals surface area contributed by atoms with Crippen LogP contribution >= 0.6 is 0 Å². The molecule has 1 saturated carbocycles. The van der Waals surface area contributed by atoms with Gasteiger partial charge in [0.25, 0.3) is 0 Å². The SMILES string of the molecule is C#CCN(C)S(=O)(=O)c1cccc(CNC2CC2)c1C. The molecule has 1 fully saturated rings. The highest BCUT2D eigenvalue weighted by Crippen LogP contribution is 2.24. The first-order valence-electron chi connectivity index (χ1n) is 6.68. The average Bonchev–Trinajstić information content (AvgIpc) is 3.21. The van der Waals surface area contributed by atoms with E-state index in [9.17, 15) is 8.42 Å². The minimum atomic E-state index is -3.51. The third-order valence-electron chi connectivity index (χ3n) is 3.56. The van der Waals surface area contributed by atoms with E-state index in [0.29, 0.717) is 17.5 Å². The molecule has 20 heavy (non-hydrogen) atoms. The van der Waals surface area contributed by atoms with E-state index >= 15 is 0 Å². The molecule has 5 heteroatoms. The molecule has 2 rings (SSSR count). The van der Waals surface area contributed by atoms with E-state index in [1.54, 1.807) is 12.1 Å². The highest BCUT2D eigenvalue weighted by atomic mass is 32.2. The fraction of sp³-hybridized carbons (Fsp3) is 0.467. The van der Waals surface area contributed by atoms with Crippen LogP contribution < -0.4 is 5.32 Å². The second-order valence-corrected chi connectivity index (χ2v) is 7.17. The van der Waals surface area contributed by atoms with Gasteiger partial charge in [-0.05, 0) is 37.0 Å². The monoisotopic (exact) mass is 292 g/mol. The fourth-order valence-electron chi connectivity index (χ4n) is 2.05. The zero-order valence-corrected chi connectivity index (χ0v) is 12.7. The molecule has 0 saturated heterocycles. The Hall–Kier alpha value is -1.35. The van der Waals surface area contributed by atoms with Gasteiger partial charge in [0.2, 0.25) is 10.0 Å². The maximum Gasteiger partial charge on any atom is 0.243 e. The highest BCUT2D eigenvalue weighted by Gasteiger charge is 2.24. The van der Waals surface area contributed by atoms with Gasteiger partial charge in [-0.1, -0.05) is 18.1 Å². The molecule has 0 bridgehead atoms. The van der Waals surface area contributed by atoms with Crippen molar-refractivity contribution >= 4 is 10.0 Å². The Morgan fingerprint density at radius 3 is 2.75 bits per heavy atom. The third-order valence-corrected chi connectivity index (χ3v) is 5.50. The molecule has 0 spiro atoms. The summed E-state index contributed by atoms with van der Waals surface area (Å²) in [5.74, 6) is 2.36. The van der Waals surface area contributed by atoms with Crippen molar-refractivity contribution in [2.24, 2.45) is 0 Å². The molecular formula is C15H20N2O2S. The Morgan fingerprint density at radius 2 is 2.15 bits per heavy atom. The van der Waals surface area contributed by atoms with Crippen molar-refractivity contribution < 1.29 is 8.42 Å². The molecule has 0 amide bonds. The van der Waals surface area contributed by atoms with Crippen molar-refractivity contribution in [1.29, 1.82) is 0 Å². The summed E-state index contributed by atoms with van der Waals surface area (Å²) in [6.45, 7) is 2.63. The Morgan fingerprint density at radius 1 is 1.45 bits per heavy atom. The van der Waals surface area contributed by atoms with E-state index in [2.05, 4.69) is 11.2 Å². The summed E-state index contributed by atoms with van der Waals surface area (Å²) in [5, 5.41) is 3.41. The maximum atomic E-state index is 12.5. The van der Waals surface area contributed by atoms with Crippen LogP contribution in [0.5, 0.6) is 0 Å². The average molecular weight is 292 g/mol. The molecule has 1 aliphatic carbocycles. The summed E-state index contributed by atoms with van der Waals surface area (Å²) in [6, 6.07) is 5.98. The number of benzene rings is 1. The Kier molecular flexibility index (Phi) is 4.48. The number of terminal acetylenes is 1. The van der Waals surface area contributed by atoms with Crippen LogP contribution in [0.15, 0.2) is 23.1 Å². The van der Waals surface area contributed by atoms with Crippen LogP contribution in [0.1, 0.15) is 24.0 Å². The molecule has 4 nitrogen and oxygen atoms in total. The first kappa shape index (κ1) is 15.0. The van der Waals surface area contributed by atoms with Crippen molar-refractivity contribution in [3.05, 3.63) is 29.3 Å². The molecule has 0 aromatic heterocycles. The van der Waals surface area contributed by atoms with Crippen LogP contribution in [-0.2, 0) is 16.6 Å². The van der Waals surface area contributed by atoms with Gasteiger partial charge in [0.15, 0.2) is 0 Å². The summed E-state index contributed by atoms with van der Waals surface area (Å²) in [6.07, 6.45) is 7.61. The highest BCUT2D eigenvalue weighted by molar-refractivity contribution is 7.89. The molecular weight excluding hydrogens is 272 g/mol. The molecule has 108 valence electrons. The van der Waals surface area contributed by atoms with E-state index in [0.717, 1.165) is 11.1 Å². The minimum absolute atomic E-state index is 0.0757. The van der Waals surface area contributed by atoms with Gasteiger partial charge >= 0.3 is 0 Å². The standard InChI is InChI=1S/C15H20N2O2S/c1-4-10-17(3)20(18,19)15-7-5-6-13(12(15)2)11-16-14-8-9-14/h1,5-7,14,16H,8-11H2,2-3H3. The van der Waals surface area contributed by atoms with Gasteiger partial charge in [-0.3, -0.25) is 0 Å². The van der Waals surface area contributed by atoms with E-state index in [-0.39, 0.29) is 6.54 Å². The van der Waals surface area contributed by atoms with Crippen LogP contribution in [0.3, 0.4) is 0 Å². The van der Waals surface area contributed by atoms with Crippen LogP contribution in [0, 0.1) is 19.3 Å². The smallest absolute Gasteiger partial charge is 0.243 e. The third kappa shape index (κ3) is 3.21. The zero-order chi connectivity index (χ0) is 14.8. The van der Waals surface area contributed by atoms with Gasteiger partial charge in [-0.2, -0.15) is 4.31 Å². The Bertz CT molecular complexity index is 628. The minimum Gasteiger partial charge on any atom is -0.310 e. The van der Waals surface area contributed by atoms with E-state index in [4.69, 9.17) is 6.42 Å². The van der Waals surface area contributed by atoms with Crippen LogP contribution in [-0.4, -0.2) is 32.4 Å². The zero-order valence-electron chi connectivity index (χ0n) is 11.9. The van der Waals surface area contributed by atoms with Crippen molar-refractivity contribution in [2.75, 3.05) is 13.6 Å². The van der Waals surface area contributed by atoms with Crippen LogP contribution in [0.4, 0.5) is 0 Å². The van der Waals surface area contributed by atoms with Gasteiger partial charge < -0.3 is 5.32 Å². The summed E-state index contributed by atoms with van der Waals surface area (Å²) in [7, 11) is -2.01. The molecule has 1 aromatic carbocycles. The number of nitrogens with zero attached hydrogens (tertiary/aromatic N) is 1. The Balaban J connectivity index is 2.27. The maximum absolute atomic E-state index is 12.5. The first-order valence-corrected chi connectivity index (χ1v) is 8.12. The molecule has 0 aliphatic heterocycles. The summed E-state index contributed by atoms with van der Waals surface area (Å²) in [5.41, 5.74) is 1.82. The number of sulfonamides is 1. The van der Waals surface area contributed by atoms with E-state index in [1.807, 2.05) is 13.0 Å². The normalized spacial score (nSPS) is 15.3. The Labute approximate surface area is 121 Å². The number of hydrogen-bond donors (Lipinski definition) is 1. The number of nitrogens with one attached hydrogen (secondary N) is 1. The lowest BCUT2D eigenvalue weighted by Gasteiger charge is -2.18. The predicted molar refractivity (Wildman–Crippen MR) is 79.7 cm³/mol. The van der Waals surface area contributed by atoms with Gasteiger partial charge in [-0.15, -0.1) is 6.42 Å². The van der Waals surface area contributed by atoms with Crippen molar-refractivity contribution in [3.8, 4) is 12.3 Å². The molecule has 1 aliphatic rings. The van der Waals surface area contributed by atoms with Gasteiger partial charge in [-0.25, -0.2) is 8.42 Å². The fourth-order valence-corrected chi connectivity index (χ4v) is 3.40. The quantitative estimate of drug-likeness (QED) is 0.808. The van der Waals surface area contributed by atoms with Crippen LogP contribution in [0.25, 0.3) is 0 Å². The summed E-state index contributed by atoms with van der Waals surface area (Å²) >= 11 is 0. The molecule has 0 radical (unpaired) electrons. The predicted octanol–water partition coefficient (Wildman–Crippen LogP) is 1.50. The lowest BCUT2D eigenvalue weighted by Crippen LogP contribution is -2.28. The summed E-state index contributed by atoms with van der Waals surface area (Å²) in [4.78, 5) is 0.338. The topological polar surface area (TPSA) is 49.4 Å². The second-order valence-electron chi connectivity index (χ2n) is 5.16. The largest absolute Gasteiger partial charge is 0.310 e. The molecule has 1 aromatic rings. The van der Waals surface area contributed by atoms with Crippen molar-refractivity contribution in [1.82, 2.24) is 9.62 Å². The first-order chi connectivity index (χ1) is 9.46. The summed E-state index contributed by atoms with van der Waals surface area (Å²) < 4.78 is 26.1. The van der Waals surface area contributed by atoms with Crippen molar-refractivity contribution in [3.63, 3.8) is 0 Å². The molecule has 0 unspecified atom stereocenters. The number of rotatable bonds is 6. The lowest BCUT2D eigenvalue weighted by atomic mass is 10.1. The van der Waals surface area contributed by atoms with Gasteiger partial charge in [0, 0.05) is 19.6 Å². The second kappa shape index (κ2) is 5.96. The van der Waals surface area contributed by atoms with E-state index in [1.165, 1.54) is 24.2 Å². The molecule has 0 heterocycles. The molecule has 0 atom stereocenters. The van der Waals surface area contributed by atoms with Crippen LogP contribution in [0.2, 0.25) is 0 Å². The van der Waals surface area contributed by atoms with Crippen molar-refractivity contribution in [2.45, 2.75) is 37.2 Å².